The number of anilines is 1. The topological polar surface area (TPSA) is 50.5 Å². The van der Waals surface area contributed by atoms with Crippen molar-refractivity contribution < 1.29 is 14.0 Å². The lowest BCUT2D eigenvalue weighted by atomic mass is 10.1. The summed E-state index contributed by atoms with van der Waals surface area (Å²) in [6, 6.07) is 15.4. The second-order valence-electron chi connectivity index (χ2n) is 6.45. The second-order valence-corrected chi connectivity index (χ2v) is 8.97. The molecule has 0 spiro atoms. The summed E-state index contributed by atoms with van der Waals surface area (Å²) < 4.78 is 6.26. The molecular formula is C22H13Cl2NO3S2. The summed E-state index contributed by atoms with van der Waals surface area (Å²) >= 11 is 18.9. The number of carbonyl (C=O) groups is 2. The number of thiocarbonyl (C=S) groups is 1. The Kier molecular flexibility index (Phi) is 5.84. The fraction of sp³-hybridized carbons (Fsp3) is 0.0455. The van der Waals surface area contributed by atoms with Gasteiger partial charge in [0.25, 0.3) is 5.91 Å². The molecule has 1 fully saturated rings. The molecule has 0 aliphatic carbocycles. The van der Waals surface area contributed by atoms with Gasteiger partial charge in [-0.15, -0.1) is 0 Å². The summed E-state index contributed by atoms with van der Waals surface area (Å²) in [6.45, 7) is 1.49. The Hall–Kier alpha value is -2.38. The SMILES string of the molecule is CC(=O)c1ccc(N2C(=O)/C(=C\c3ccc(-c4cc(Cl)ccc4Cl)o3)SC2=S)cc1. The van der Waals surface area contributed by atoms with Crippen LogP contribution in [-0.4, -0.2) is 16.0 Å². The van der Waals surface area contributed by atoms with Gasteiger partial charge in [0.15, 0.2) is 10.1 Å². The van der Waals surface area contributed by atoms with Crippen molar-refractivity contribution in [1.29, 1.82) is 0 Å². The fourth-order valence-electron chi connectivity index (χ4n) is 2.93. The average Bonchev–Trinajstić information content (AvgIpc) is 3.28. The van der Waals surface area contributed by atoms with Gasteiger partial charge >= 0.3 is 0 Å². The van der Waals surface area contributed by atoms with Crippen molar-refractivity contribution >= 4 is 75.0 Å². The first kappa shape index (κ1) is 20.9. The lowest BCUT2D eigenvalue weighted by Gasteiger charge is -2.14. The van der Waals surface area contributed by atoms with Gasteiger partial charge in [-0.05, 0) is 61.5 Å². The third-order valence-electron chi connectivity index (χ3n) is 4.42. The summed E-state index contributed by atoms with van der Waals surface area (Å²) in [5.41, 5.74) is 1.85. The molecule has 150 valence electrons. The van der Waals surface area contributed by atoms with Crippen molar-refractivity contribution in [3.8, 4) is 11.3 Å². The van der Waals surface area contributed by atoms with Crippen LogP contribution >= 0.6 is 47.2 Å². The minimum atomic E-state index is -0.251. The summed E-state index contributed by atoms with van der Waals surface area (Å²) in [7, 11) is 0. The van der Waals surface area contributed by atoms with Gasteiger partial charge in [-0.1, -0.05) is 47.2 Å². The lowest BCUT2D eigenvalue weighted by Crippen LogP contribution is -2.27. The van der Waals surface area contributed by atoms with E-state index in [-0.39, 0.29) is 11.7 Å². The molecule has 30 heavy (non-hydrogen) atoms. The zero-order valence-electron chi connectivity index (χ0n) is 15.5. The maximum Gasteiger partial charge on any atom is 0.270 e. The smallest absolute Gasteiger partial charge is 0.270 e. The van der Waals surface area contributed by atoms with Crippen LogP contribution < -0.4 is 4.90 Å². The number of carbonyl (C=O) groups excluding carboxylic acids is 2. The molecule has 0 bridgehead atoms. The standard InChI is InChI=1S/C22H13Cl2NO3S2/c1-12(26)13-2-5-15(6-3-13)25-21(27)20(30-22(25)29)11-16-7-9-19(28-16)17-10-14(23)4-8-18(17)24/h2-11H,1H3/b20-11+. The summed E-state index contributed by atoms with van der Waals surface area (Å²) in [4.78, 5) is 26.3. The molecule has 0 unspecified atom stereocenters. The molecular weight excluding hydrogens is 461 g/mol. The number of rotatable bonds is 4. The first-order chi connectivity index (χ1) is 14.3. The van der Waals surface area contributed by atoms with E-state index >= 15 is 0 Å². The Balaban J connectivity index is 1.60. The van der Waals surface area contributed by atoms with Crippen LogP contribution in [0.5, 0.6) is 0 Å². The highest BCUT2D eigenvalue weighted by Gasteiger charge is 2.33. The highest BCUT2D eigenvalue weighted by atomic mass is 35.5. The molecule has 2 aromatic carbocycles. The van der Waals surface area contributed by atoms with E-state index in [0.717, 1.165) is 0 Å². The van der Waals surface area contributed by atoms with Gasteiger partial charge in [-0.3, -0.25) is 14.5 Å². The normalized spacial score (nSPS) is 15.3. The van der Waals surface area contributed by atoms with Gasteiger partial charge in [-0.25, -0.2) is 0 Å². The van der Waals surface area contributed by atoms with Crippen molar-refractivity contribution in [3.05, 3.63) is 80.9 Å². The van der Waals surface area contributed by atoms with Crippen molar-refractivity contribution in [2.75, 3.05) is 4.90 Å². The molecule has 1 aliphatic rings. The van der Waals surface area contributed by atoms with Crippen LogP contribution in [0.1, 0.15) is 23.0 Å². The van der Waals surface area contributed by atoms with E-state index in [2.05, 4.69) is 0 Å². The third kappa shape index (κ3) is 4.09. The minimum Gasteiger partial charge on any atom is -0.457 e. The van der Waals surface area contributed by atoms with Crippen LogP contribution in [0, 0.1) is 0 Å². The van der Waals surface area contributed by atoms with Crippen LogP contribution in [0.4, 0.5) is 5.69 Å². The van der Waals surface area contributed by atoms with Crippen molar-refractivity contribution in [1.82, 2.24) is 0 Å². The molecule has 4 rings (SSSR count). The average molecular weight is 474 g/mol. The van der Waals surface area contributed by atoms with Gasteiger partial charge < -0.3 is 4.42 Å². The zero-order chi connectivity index (χ0) is 21.4. The summed E-state index contributed by atoms with van der Waals surface area (Å²) in [6.07, 6.45) is 1.64. The Bertz CT molecular complexity index is 1220. The molecule has 1 amide bonds. The largest absolute Gasteiger partial charge is 0.457 e. The molecule has 0 radical (unpaired) electrons. The van der Waals surface area contributed by atoms with Gasteiger partial charge in [0.05, 0.1) is 15.6 Å². The summed E-state index contributed by atoms with van der Waals surface area (Å²) in [5, 5.41) is 1.06. The van der Waals surface area contributed by atoms with Gasteiger partial charge in [0.2, 0.25) is 0 Å². The minimum absolute atomic E-state index is 0.0414. The molecule has 0 atom stereocenters. The molecule has 1 saturated heterocycles. The Morgan fingerprint density at radius 2 is 1.83 bits per heavy atom. The van der Waals surface area contributed by atoms with Crippen molar-refractivity contribution in [3.63, 3.8) is 0 Å². The molecule has 4 nitrogen and oxygen atoms in total. The van der Waals surface area contributed by atoms with Crippen LogP contribution in [0.15, 0.2) is 63.9 Å². The van der Waals surface area contributed by atoms with Crippen LogP contribution in [0.25, 0.3) is 17.4 Å². The number of hydrogen-bond acceptors (Lipinski definition) is 5. The second kappa shape index (κ2) is 8.40. The number of amides is 1. The van der Waals surface area contributed by atoms with E-state index < -0.39 is 0 Å². The maximum absolute atomic E-state index is 12.9. The van der Waals surface area contributed by atoms with E-state index in [1.54, 1.807) is 60.7 Å². The number of furan rings is 1. The number of benzene rings is 2. The van der Waals surface area contributed by atoms with Crippen LogP contribution in [0.2, 0.25) is 10.0 Å². The lowest BCUT2D eigenvalue weighted by molar-refractivity contribution is -0.113. The van der Waals surface area contributed by atoms with Gasteiger partial charge in [-0.2, -0.15) is 0 Å². The van der Waals surface area contributed by atoms with E-state index in [9.17, 15) is 9.59 Å². The predicted molar refractivity (Wildman–Crippen MR) is 126 cm³/mol. The number of thioether (sulfide) groups is 1. The quantitative estimate of drug-likeness (QED) is 0.235. The molecule has 0 saturated carbocycles. The fourth-order valence-corrected chi connectivity index (χ4v) is 4.59. The highest BCUT2D eigenvalue weighted by Crippen LogP contribution is 2.37. The van der Waals surface area contributed by atoms with E-state index in [1.807, 2.05) is 0 Å². The number of ketones is 1. The Labute approximate surface area is 192 Å². The molecule has 0 N–H and O–H groups in total. The maximum atomic E-state index is 12.9. The van der Waals surface area contributed by atoms with Crippen LogP contribution in [0.3, 0.4) is 0 Å². The number of nitrogens with zero attached hydrogens (tertiary/aromatic N) is 1. The molecule has 1 aliphatic heterocycles. The number of Topliss-reactive ketones (excluding diaryl/α,β-unsaturated/α-hetero) is 1. The van der Waals surface area contributed by atoms with Gasteiger partial charge in [0.1, 0.15) is 11.5 Å². The Morgan fingerprint density at radius 3 is 2.53 bits per heavy atom. The van der Waals surface area contributed by atoms with Crippen molar-refractivity contribution in [2.45, 2.75) is 6.92 Å². The Morgan fingerprint density at radius 1 is 1.10 bits per heavy atom. The van der Waals surface area contributed by atoms with Gasteiger partial charge in [0, 0.05) is 22.2 Å². The van der Waals surface area contributed by atoms with E-state index in [1.165, 1.54) is 23.6 Å². The molecule has 2 heterocycles. The number of hydrogen-bond donors (Lipinski definition) is 0. The zero-order valence-corrected chi connectivity index (χ0v) is 18.7. The first-order valence-electron chi connectivity index (χ1n) is 8.78. The molecule has 1 aromatic heterocycles. The molecule has 3 aromatic rings. The number of halogens is 2. The highest BCUT2D eigenvalue weighted by molar-refractivity contribution is 8.27. The van der Waals surface area contributed by atoms with E-state index in [0.29, 0.717) is 47.6 Å². The van der Waals surface area contributed by atoms with E-state index in [4.69, 9.17) is 39.8 Å². The summed E-state index contributed by atoms with van der Waals surface area (Å²) in [5.74, 6) is 0.747. The predicted octanol–water partition coefficient (Wildman–Crippen LogP) is 6.86. The first-order valence-corrected chi connectivity index (χ1v) is 10.8. The third-order valence-corrected chi connectivity index (χ3v) is 6.29. The van der Waals surface area contributed by atoms with Crippen molar-refractivity contribution in [2.24, 2.45) is 0 Å². The van der Waals surface area contributed by atoms with Crippen LogP contribution in [-0.2, 0) is 4.79 Å². The molecule has 8 heteroatoms. The monoisotopic (exact) mass is 473 g/mol.